The van der Waals surface area contributed by atoms with Crippen LogP contribution >= 0.6 is 11.5 Å². The smallest absolute Gasteiger partial charge is 0.274 e. The molecule has 0 radical (unpaired) electrons. The molecule has 0 bridgehead atoms. The first-order valence-electron chi connectivity index (χ1n) is 5.65. The number of amides is 2. The molecule has 20 heavy (non-hydrogen) atoms. The van der Waals surface area contributed by atoms with Gasteiger partial charge in [-0.15, -0.1) is 5.10 Å². The monoisotopic (exact) mass is 294 g/mol. The predicted molar refractivity (Wildman–Crippen MR) is 71.0 cm³/mol. The molecular weight excluding hydrogens is 283 g/mol. The SMILES string of the molecule is CNC(=O)c1nn(-c2ccc(F)cc2)sc1=NC(C)=O. The van der Waals surface area contributed by atoms with Gasteiger partial charge in [-0.05, 0) is 35.8 Å². The van der Waals surface area contributed by atoms with Gasteiger partial charge in [0.2, 0.25) is 5.91 Å². The van der Waals surface area contributed by atoms with Gasteiger partial charge in [0.1, 0.15) is 5.82 Å². The van der Waals surface area contributed by atoms with Crippen LogP contribution in [0.15, 0.2) is 29.3 Å². The van der Waals surface area contributed by atoms with Crippen molar-refractivity contribution < 1.29 is 14.0 Å². The molecule has 0 saturated carbocycles. The number of halogens is 1. The number of hydrogen-bond acceptors (Lipinski definition) is 4. The van der Waals surface area contributed by atoms with Gasteiger partial charge >= 0.3 is 0 Å². The summed E-state index contributed by atoms with van der Waals surface area (Å²) in [5, 5.41) is 6.52. The first-order valence-corrected chi connectivity index (χ1v) is 6.42. The Hall–Kier alpha value is -2.35. The van der Waals surface area contributed by atoms with E-state index in [-0.39, 0.29) is 16.2 Å². The van der Waals surface area contributed by atoms with E-state index < -0.39 is 11.8 Å². The Morgan fingerprint density at radius 2 is 2.00 bits per heavy atom. The fourth-order valence-corrected chi connectivity index (χ4v) is 2.34. The number of carbonyl (C=O) groups is 2. The van der Waals surface area contributed by atoms with E-state index in [0.29, 0.717) is 5.69 Å². The van der Waals surface area contributed by atoms with Gasteiger partial charge in [0.15, 0.2) is 10.4 Å². The number of aromatic nitrogens is 2. The zero-order valence-electron chi connectivity index (χ0n) is 10.8. The zero-order valence-corrected chi connectivity index (χ0v) is 11.6. The third-order valence-corrected chi connectivity index (χ3v) is 3.24. The summed E-state index contributed by atoms with van der Waals surface area (Å²) in [5.41, 5.74) is 0.628. The Balaban J connectivity index is 2.57. The largest absolute Gasteiger partial charge is 0.354 e. The summed E-state index contributed by atoms with van der Waals surface area (Å²) in [6.07, 6.45) is 0. The Kier molecular flexibility index (Phi) is 4.04. The van der Waals surface area contributed by atoms with Crippen LogP contribution in [-0.4, -0.2) is 28.0 Å². The van der Waals surface area contributed by atoms with E-state index in [2.05, 4.69) is 15.4 Å². The fourth-order valence-electron chi connectivity index (χ4n) is 1.44. The van der Waals surface area contributed by atoms with E-state index in [1.807, 2.05) is 0 Å². The van der Waals surface area contributed by atoms with E-state index in [1.54, 1.807) is 0 Å². The highest BCUT2D eigenvalue weighted by molar-refractivity contribution is 7.04. The second kappa shape index (κ2) is 5.74. The van der Waals surface area contributed by atoms with Crippen molar-refractivity contribution in [2.75, 3.05) is 7.05 Å². The van der Waals surface area contributed by atoms with Gasteiger partial charge in [0.05, 0.1) is 5.69 Å². The number of benzene rings is 1. The molecule has 2 aromatic rings. The van der Waals surface area contributed by atoms with E-state index >= 15 is 0 Å². The summed E-state index contributed by atoms with van der Waals surface area (Å²) in [6.45, 7) is 1.29. The van der Waals surface area contributed by atoms with Crippen LogP contribution in [0, 0.1) is 5.82 Å². The van der Waals surface area contributed by atoms with Crippen molar-refractivity contribution in [2.24, 2.45) is 4.99 Å². The zero-order chi connectivity index (χ0) is 14.7. The molecule has 0 spiro atoms. The second-order valence-corrected chi connectivity index (χ2v) is 4.72. The highest BCUT2D eigenvalue weighted by Crippen LogP contribution is 2.10. The molecule has 0 aliphatic rings. The summed E-state index contributed by atoms with van der Waals surface area (Å²) in [5.74, 6) is -1.24. The van der Waals surface area contributed by atoms with Gasteiger partial charge in [-0.25, -0.2) is 4.39 Å². The van der Waals surface area contributed by atoms with Crippen LogP contribution in [0.25, 0.3) is 5.69 Å². The Labute approximate surface area is 117 Å². The van der Waals surface area contributed by atoms with Gasteiger partial charge < -0.3 is 5.32 Å². The van der Waals surface area contributed by atoms with Crippen molar-refractivity contribution in [3.8, 4) is 5.69 Å². The van der Waals surface area contributed by atoms with Crippen molar-refractivity contribution in [1.82, 2.24) is 14.5 Å². The average Bonchev–Trinajstić information content (AvgIpc) is 2.81. The molecule has 0 fully saturated rings. The molecule has 1 aromatic carbocycles. The van der Waals surface area contributed by atoms with Gasteiger partial charge in [0.25, 0.3) is 5.91 Å². The molecule has 0 unspecified atom stereocenters. The molecule has 2 rings (SSSR count). The summed E-state index contributed by atoms with van der Waals surface area (Å²) in [6, 6.07) is 5.60. The molecule has 1 N–H and O–H groups in total. The standard InChI is InChI=1S/C12H11FN4O2S/c1-7(18)15-12-10(11(19)14-2)16-17(20-12)9-5-3-8(13)4-6-9/h3-6H,1-2H3,(H,14,19). The lowest BCUT2D eigenvalue weighted by Gasteiger charge is -1.98. The van der Waals surface area contributed by atoms with Crippen molar-refractivity contribution in [1.29, 1.82) is 0 Å². The maximum atomic E-state index is 12.9. The molecule has 8 heteroatoms. The van der Waals surface area contributed by atoms with Crippen molar-refractivity contribution in [3.63, 3.8) is 0 Å². The van der Waals surface area contributed by atoms with Gasteiger partial charge in [0, 0.05) is 14.0 Å². The first-order chi connectivity index (χ1) is 9.51. The minimum absolute atomic E-state index is 0.0528. The molecule has 0 aliphatic carbocycles. The van der Waals surface area contributed by atoms with Gasteiger partial charge in [-0.2, -0.15) is 9.06 Å². The number of hydrogen-bond donors (Lipinski definition) is 1. The summed E-state index contributed by atoms with van der Waals surface area (Å²) in [4.78, 5) is 26.5. The number of rotatable bonds is 2. The van der Waals surface area contributed by atoms with Gasteiger partial charge in [-0.3, -0.25) is 9.59 Å². The average molecular weight is 294 g/mol. The molecule has 1 aromatic heterocycles. The van der Waals surface area contributed by atoms with E-state index in [9.17, 15) is 14.0 Å². The first kappa shape index (κ1) is 14.1. The predicted octanol–water partition coefficient (Wildman–Crippen LogP) is 0.880. The van der Waals surface area contributed by atoms with Gasteiger partial charge in [-0.1, -0.05) is 0 Å². The highest BCUT2D eigenvalue weighted by Gasteiger charge is 2.14. The van der Waals surface area contributed by atoms with Crippen LogP contribution in [0.4, 0.5) is 4.39 Å². The maximum absolute atomic E-state index is 12.9. The van der Waals surface area contributed by atoms with E-state index in [0.717, 1.165) is 11.5 Å². The molecular formula is C12H11FN4O2S. The topological polar surface area (TPSA) is 76.3 Å². The minimum atomic E-state index is -0.442. The lowest BCUT2D eigenvalue weighted by Crippen LogP contribution is -2.24. The molecule has 2 amide bonds. The quantitative estimate of drug-likeness (QED) is 0.893. The normalized spacial score (nSPS) is 11.4. The third kappa shape index (κ3) is 2.97. The van der Waals surface area contributed by atoms with Crippen LogP contribution in [0.5, 0.6) is 0 Å². The van der Waals surface area contributed by atoms with Crippen LogP contribution < -0.4 is 9.99 Å². The number of nitrogens with zero attached hydrogens (tertiary/aromatic N) is 3. The van der Waals surface area contributed by atoms with Crippen LogP contribution in [0.3, 0.4) is 0 Å². The fraction of sp³-hybridized carbons (Fsp3) is 0.167. The Morgan fingerprint density at radius 1 is 1.35 bits per heavy atom. The van der Waals surface area contributed by atoms with Crippen molar-refractivity contribution >= 4 is 23.3 Å². The van der Waals surface area contributed by atoms with Crippen LogP contribution in [0.1, 0.15) is 17.4 Å². The Bertz CT molecular complexity index is 718. The number of carbonyl (C=O) groups excluding carboxylic acids is 2. The van der Waals surface area contributed by atoms with Crippen molar-refractivity contribution in [2.45, 2.75) is 6.92 Å². The Morgan fingerprint density at radius 3 is 2.55 bits per heavy atom. The molecule has 6 nitrogen and oxygen atoms in total. The summed E-state index contributed by atoms with van der Waals surface area (Å²) < 4.78 is 14.5. The molecule has 104 valence electrons. The van der Waals surface area contributed by atoms with Crippen LogP contribution in [0.2, 0.25) is 0 Å². The van der Waals surface area contributed by atoms with E-state index in [4.69, 9.17) is 0 Å². The third-order valence-electron chi connectivity index (χ3n) is 2.31. The molecule has 0 aliphatic heterocycles. The van der Waals surface area contributed by atoms with Crippen LogP contribution in [-0.2, 0) is 4.79 Å². The van der Waals surface area contributed by atoms with Crippen molar-refractivity contribution in [3.05, 3.63) is 40.4 Å². The summed E-state index contributed by atoms with van der Waals surface area (Å²) >= 11 is 1.03. The lowest BCUT2D eigenvalue weighted by molar-refractivity contribution is -0.116. The number of nitrogens with one attached hydrogen (secondary N) is 1. The van der Waals surface area contributed by atoms with E-state index in [1.165, 1.54) is 42.3 Å². The molecule has 0 atom stereocenters. The molecule has 0 saturated heterocycles. The highest BCUT2D eigenvalue weighted by atomic mass is 32.1. The second-order valence-electron chi connectivity index (χ2n) is 3.80. The lowest BCUT2D eigenvalue weighted by atomic mass is 10.3. The molecule has 1 heterocycles. The summed E-state index contributed by atoms with van der Waals surface area (Å²) in [7, 11) is 1.46. The maximum Gasteiger partial charge on any atom is 0.274 e. The minimum Gasteiger partial charge on any atom is -0.354 e.